The van der Waals surface area contributed by atoms with E-state index in [-0.39, 0.29) is 24.2 Å². The standard InChI is InChI=1S/C19H28N4O.ClH/c1-13(2)19(5,12-20)21-18(24)17-8-6-16(7-9-17)11-23-15(4)10-14(3)22-23;/h6-10,13H,11-12,20H2,1-5H3,(H,21,24);1H. The lowest BCUT2D eigenvalue weighted by molar-refractivity contribution is 0.0883. The Morgan fingerprint density at radius 1 is 1.28 bits per heavy atom. The lowest BCUT2D eigenvalue weighted by Gasteiger charge is -2.33. The molecule has 1 heterocycles. The topological polar surface area (TPSA) is 72.9 Å². The number of nitrogens with two attached hydrogens (primary N) is 1. The number of amides is 1. The van der Waals surface area contributed by atoms with Gasteiger partial charge in [0.2, 0.25) is 0 Å². The third-order valence-corrected chi connectivity index (χ3v) is 4.75. The zero-order valence-corrected chi connectivity index (χ0v) is 16.5. The number of carbonyl (C=O) groups excluding carboxylic acids is 1. The van der Waals surface area contributed by atoms with Gasteiger partial charge in [0.15, 0.2) is 0 Å². The van der Waals surface area contributed by atoms with Crippen molar-refractivity contribution in [2.24, 2.45) is 11.7 Å². The first kappa shape index (κ1) is 21.2. The molecule has 3 N–H and O–H groups in total. The Hall–Kier alpha value is -1.85. The number of halogens is 1. The van der Waals surface area contributed by atoms with E-state index < -0.39 is 5.54 Å². The zero-order valence-electron chi connectivity index (χ0n) is 15.7. The summed E-state index contributed by atoms with van der Waals surface area (Å²) in [6.45, 7) is 11.2. The van der Waals surface area contributed by atoms with Gasteiger partial charge in [0.05, 0.1) is 17.8 Å². The second-order valence-corrected chi connectivity index (χ2v) is 7.01. The third-order valence-electron chi connectivity index (χ3n) is 4.75. The van der Waals surface area contributed by atoms with Gasteiger partial charge in [-0.25, -0.2) is 0 Å². The van der Waals surface area contributed by atoms with Crippen molar-refractivity contribution in [1.29, 1.82) is 0 Å². The summed E-state index contributed by atoms with van der Waals surface area (Å²) in [7, 11) is 0. The number of aryl methyl sites for hydroxylation is 2. The van der Waals surface area contributed by atoms with E-state index >= 15 is 0 Å². The van der Waals surface area contributed by atoms with Crippen molar-refractivity contribution in [3.8, 4) is 0 Å². The summed E-state index contributed by atoms with van der Waals surface area (Å²) in [6.07, 6.45) is 0. The van der Waals surface area contributed by atoms with Crippen molar-refractivity contribution in [2.75, 3.05) is 6.54 Å². The number of rotatable bonds is 6. The van der Waals surface area contributed by atoms with Crippen molar-refractivity contribution in [3.05, 3.63) is 52.8 Å². The molecule has 5 nitrogen and oxygen atoms in total. The van der Waals surface area contributed by atoms with Crippen LogP contribution in [-0.4, -0.2) is 27.8 Å². The molecule has 2 aromatic rings. The minimum Gasteiger partial charge on any atom is -0.345 e. The van der Waals surface area contributed by atoms with Gasteiger partial charge in [-0.2, -0.15) is 5.10 Å². The summed E-state index contributed by atoms with van der Waals surface area (Å²) in [5, 5.41) is 7.52. The van der Waals surface area contributed by atoms with E-state index in [4.69, 9.17) is 5.73 Å². The van der Waals surface area contributed by atoms with Crippen molar-refractivity contribution < 1.29 is 4.79 Å². The van der Waals surface area contributed by atoms with Crippen LogP contribution in [0.15, 0.2) is 30.3 Å². The minimum atomic E-state index is -0.403. The van der Waals surface area contributed by atoms with Gasteiger partial charge >= 0.3 is 0 Å². The quantitative estimate of drug-likeness (QED) is 0.827. The fourth-order valence-electron chi connectivity index (χ4n) is 2.53. The third kappa shape index (κ3) is 5.06. The van der Waals surface area contributed by atoms with Gasteiger partial charge in [0.1, 0.15) is 0 Å². The summed E-state index contributed by atoms with van der Waals surface area (Å²) in [6, 6.07) is 9.71. The highest BCUT2D eigenvalue weighted by Gasteiger charge is 2.28. The van der Waals surface area contributed by atoms with Crippen molar-refractivity contribution in [3.63, 3.8) is 0 Å². The summed E-state index contributed by atoms with van der Waals surface area (Å²) < 4.78 is 1.97. The van der Waals surface area contributed by atoms with Crippen molar-refractivity contribution >= 4 is 18.3 Å². The maximum absolute atomic E-state index is 12.5. The molecule has 1 atom stereocenters. The Bertz CT molecular complexity index is 709. The Kier molecular flexibility index (Phi) is 7.20. The number of aromatic nitrogens is 2. The maximum Gasteiger partial charge on any atom is 0.251 e. The lowest BCUT2D eigenvalue weighted by atomic mass is 9.88. The number of nitrogens with zero attached hydrogens (tertiary/aromatic N) is 2. The van der Waals surface area contributed by atoms with Gasteiger partial charge in [0.25, 0.3) is 5.91 Å². The minimum absolute atomic E-state index is 0. The lowest BCUT2D eigenvalue weighted by Crippen LogP contribution is -2.55. The highest BCUT2D eigenvalue weighted by molar-refractivity contribution is 5.94. The number of hydrogen-bond acceptors (Lipinski definition) is 3. The molecule has 138 valence electrons. The first-order valence-electron chi connectivity index (χ1n) is 8.38. The molecule has 0 aliphatic rings. The van der Waals surface area contributed by atoms with Crippen LogP contribution in [0.5, 0.6) is 0 Å². The number of benzene rings is 1. The molecule has 0 aliphatic carbocycles. The SMILES string of the molecule is Cc1cc(C)n(Cc2ccc(C(=O)NC(C)(CN)C(C)C)cc2)n1.Cl. The molecule has 25 heavy (non-hydrogen) atoms. The van der Waals surface area contributed by atoms with Crippen LogP contribution in [0.1, 0.15) is 48.1 Å². The van der Waals surface area contributed by atoms with Crippen LogP contribution in [-0.2, 0) is 6.54 Å². The molecule has 0 bridgehead atoms. The average Bonchev–Trinajstić information content (AvgIpc) is 2.85. The molecule has 1 amide bonds. The van der Waals surface area contributed by atoms with E-state index in [1.165, 1.54) is 0 Å². The Labute approximate surface area is 156 Å². The molecule has 0 aliphatic heterocycles. The van der Waals surface area contributed by atoms with E-state index in [2.05, 4.69) is 30.3 Å². The van der Waals surface area contributed by atoms with Crippen LogP contribution < -0.4 is 11.1 Å². The van der Waals surface area contributed by atoms with E-state index in [0.29, 0.717) is 18.7 Å². The number of carbonyl (C=O) groups is 1. The summed E-state index contributed by atoms with van der Waals surface area (Å²) in [5.74, 6) is 0.172. The van der Waals surface area contributed by atoms with Crippen LogP contribution in [0.3, 0.4) is 0 Å². The Morgan fingerprint density at radius 2 is 1.88 bits per heavy atom. The van der Waals surface area contributed by atoms with E-state index in [0.717, 1.165) is 17.0 Å². The monoisotopic (exact) mass is 364 g/mol. The first-order valence-corrected chi connectivity index (χ1v) is 8.38. The molecular formula is C19H29ClN4O. The molecular weight excluding hydrogens is 336 g/mol. The van der Waals surface area contributed by atoms with Crippen LogP contribution in [0.25, 0.3) is 0 Å². The fraction of sp³-hybridized carbons (Fsp3) is 0.474. The predicted octanol–water partition coefficient (Wildman–Crippen LogP) is 3.07. The van der Waals surface area contributed by atoms with Gasteiger partial charge in [-0.15, -0.1) is 12.4 Å². The molecule has 6 heteroatoms. The normalized spacial score (nSPS) is 13.2. The van der Waals surface area contributed by atoms with E-state index in [9.17, 15) is 4.79 Å². The van der Waals surface area contributed by atoms with Gasteiger partial charge in [-0.3, -0.25) is 9.48 Å². The molecule has 2 rings (SSSR count). The molecule has 1 aromatic heterocycles. The molecule has 0 radical (unpaired) electrons. The smallest absolute Gasteiger partial charge is 0.251 e. The first-order chi connectivity index (χ1) is 11.2. The van der Waals surface area contributed by atoms with Crippen molar-refractivity contribution in [1.82, 2.24) is 15.1 Å². The van der Waals surface area contributed by atoms with Crippen molar-refractivity contribution in [2.45, 2.75) is 46.7 Å². The van der Waals surface area contributed by atoms with Gasteiger partial charge < -0.3 is 11.1 Å². The molecule has 0 spiro atoms. The largest absolute Gasteiger partial charge is 0.345 e. The maximum atomic E-state index is 12.5. The van der Waals surface area contributed by atoms with Gasteiger partial charge in [-0.05, 0) is 50.5 Å². The van der Waals surface area contributed by atoms with Crippen LogP contribution in [0.4, 0.5) is 0 Å². The van der Waals surface area contributed by atoms with Crippen LogP contribution in [0, 0.1) is 19.8 Å². The van der Waals surface area contributed by atoms with E-state index in [1.807, 2.05) is 49.7 Å². The fourth-order valence-corrected chi connectivity index (χ4v) is 2.53. The summed E-state index contributed by atoms with van der Waals surface area (Å²) in [4.78, 5) is 12.5. The molecule has 0 fully saturated rings. The number of nitrogens with one attached hydrogen (secondary N) is 1. The summed E-state index contributed by atoms with van der Waals surface area (Å²) in [5.41, 5.74) is 9.33. The van der Waals surface area contributed by atoms with Gasteiger partial charge in [0, 0.05) is 17.8 Å². The Balaban J connectivity index is 0.00000312. The second kappa shape index (κ2) is 8.50. The highest BCUT2D eigenvalue weighted by atomic mass is 35.5. The molecule has 0 saturated carbocycles. The number of hydrogen-bond donors (Lipinski definition) is 2. The summed E-state index contributed by atoms with van der Waals surface area (Å²) >= 11 is 0. The second-order valence-electron chi connectivity index (χ2n) is 7.01. The predicted molar refractivity (Wildman–Crippen MR) is 104 cm³/mol. The Morgan fingerprint density at radius 3 is 2.32 bits per heavy atom. The zero-order chi connectivity index (χ0) is 17.9. The van der Waals surface area contributed by atoms with Crippen LogP contribution >= 0.6 is 12.4 Å². The highest BCUT2D eigenvalue weighted by Crippen LogP contribution is 2.16. The molecule has 1 aromatic carbocycles. The van der Waals surface area contributed by atoms with E-state index in [1.54, 1.807) is 0 Å². The average molecular weight is 365 g/mol. The molecule has 0 saturated heterocycles. The molecule has 1 unspecified atom stereocenters. The van der Waals surface area contributed by atoms with Gasteiger partial charge in [-0.1, -0.05) is 26.0 Å². The van der Waals surface area contributed by atoms with Crippen LogP contribution in [0.2, 0.25) is 0 Å².